The van der Waals surface area contributed by atoms with E-state index in [4.69, 9.17) is 14.6 Å². The number of methoxy groups -OCH3 is 1. The van der Waals surface area contributed by atoms with E-state index in [-0.39, 0.29) is 19.1 Å². The summed E-state index contributed by atoms with van der Waals surface area (Å²) in [7, 11) is 3.08. The Morgan fingerprint density at radius 2 is 2.14 bits per heavy atom. The van der Waals surface area contributed by atoms with Gasteiger partial charge in [0, 0.05) is 19.7 Å². The van der Waals surface area contributed by atoms with Crippen LogP contribution in [0.15, 0.2) is 30.9 Å². The fourth-order valence-corrected chi connectivity index (χ4v) is 1.85. The Hall–Kier alpha value is -2.50. The summed E-state index contributed by atoms with van der Waals surface area (Å²) in [4.78, 5) is 24.7. The van der Waals surface area contributed by atoms with Crippen LogP contribution in [-0.2, 0) is 4.79 Å². The van der Waals surface area contributed by atoms with Crippen LogP contribution in [0.4, 0.5) is 0 Å². The third-order valence-corrected chi connectivity index (χ3v) is 3.09. The van der Waals surface area contributed by atoms with Crippen molar-refractivity contribution in [2.24, 2.45) is 5.92 Å². The van der Waals surface area contributed by atoms with Gasteiger partial charge in [-0.3, -0.25) is 9.59 Å². The van der Waals surface area contributed by atoms with Crippen molar-refractivity contribution in [1.29, 1.82) is 0 Å². The summed E-state index contributed by atoms with van der Waals surface area (Å²) in [5.74, 6) is -0.965. The van der Waals surface area contributed by atoms with Crippen molar-refractivity contribution in [1.82, 2.24) is 4.90 Å². The molecule has 1 rings (SSSR count). The normalized spacial score (nSPS) is 11.4. The molecule has 0 spiro atoms. The highest BCUT2D eigenvalue weighted by atomic mass is 16.5. The summed E-state index contributed by atoms with van der Waals surface area (Å²) >= 11 is 0. The molecule has 0 heterocycles. The van der Waals surface area contributed by atoms with Crippen LogP contribution in [0.1, 0.15) is 17.3 Å². The molecule has 0 fully saturated rings. The molecule has 22 heavy (non-hydrogen) atoms. The van der Waals surface area contributed by atoms with Gasteiger partial charge < -0.3 is 19.5 Å². The predicted octanol–water partition coefficient (Wildman–Crippen LogP) is 2.05. The number of carboxylic acid groups (broad SMARTS) is 1. The lowest BCUT2D eigenvalue weighted by Gasteiger charge is -2.21. The third-order valence-electron chi connectivity index (χ3n) is 3.09. The van der Waals surface area contributed by atoms with Gasteiger partial charge in [0.1, 0.15) is 18.1 Å². The summed E-state index contributed by atoms with van der Waals surface area (Å²) < 4.78 is 10.6. The van der Waals surface area contributed by atoms with E-state index in [2.05, 4.69) is 6.58 Å². The van der Waals surface area contributed by atoms with E-state index in [9.17, 15) is 9.59 Å². The van der Waals surface area contributed by atoms with Crippen LogP contribution >= 0.6 is 0 Å². The highest BCUT2D eigenvalue weighted by Gasteiger charge is 2.21. The number of carboxylic acids is 1. The summed E-state index contributed by atoms with van der Waals surface area (Å²) in [6.07, 6.45) is 1.57. The van der Waals surface area contributed by atoms with E-state index in [1.54, 1.807) is 38.2 Å². The van der Waals surface area contributed by atoms with Crippen LogP contribution in [0, 0.1) is 5.92 Å². The fourth-order valence-electron chi connectivity index (χ4n) is 1.85. The maximum absolute atomic E-state index is 12.5. The molecule has 1 aromatic carbocycles. The largest absolute Gasteiger partial charge is 0.497 e. The first-order chi connectivity index (χ1) is 10.4. The van der Waals surface area contributed by atoms with E-state index >= 15 is 0 Å². The third kappa shape index (κ3) is 4.51. The van der Waals surface area contributed by atoms with Gasteiger partial charge >= 0.3 is 5.97 Å². The molecular formula is C16H21NO5. The number of hydrogen-bond donors (Lipinski definition) is 1. The highest BCUT2D eigenvalue weighted by Crippen LogP contribution is 2.26. The monoisotopic (exact) mass is 307 g/mol. The van der Waals surface area contributed by atoms with Gasteiger partial charge in [0.05, 0.1) is 18.6 Å². The minimum absolute atomic E-state index is 0.112. The van der Waals surface area contributed by atoms with Gasteiger partial charge in [0.15, 0.2) is 0 Å². The molecule has 1 atom stereocenters. The Labute approximate surface area is 129 Å². The number of rotatable bonds is 8. The predicted molar refractivity (Wildman–Crippen MR) is 82.4 cm³/mol. The van der Waals surface area contributed by atoms with Crippen LogP contribution < -0.4 is 9.47 Å². The van der Waals surface area contributed by atoms with Crippen molar-refractivity contribution in [2.45, 2.75) is 6.92 Å². The molecule has 0 aliphatic heterocycles. The average molecular weight is 307 g/mol. The molecule has 120 valence electrons. The lowest BCUT2D eigenvalue weighted by Crippen LogP contribution is -2.33. The quantitative estimate of drug-likeness (QED) is 0.744. The number of aliphatic carboxylic acids is 1. The second-order valence-corrected chi connectivity index (χ2v) is 4.89. The van der Waals surface area contributed by atoms with Crippen molar-refractivity contribution < 1.29 is 24.2 Å². The van der Waals surface area contributed by atoms with E-state index in [1.165, 1.54) is 12.0 Å². The molecule has 0 radical (unpaired) electrons. The molecule has 0 saturated carbocycles. The zero-order chi connectivity index (χ0) is 16.7. The maximum Gasteiger partial charge on any atom is 0.308 e. The van der Waals surface area contributed by atoms with Crippen molar-refractivity contribution >= 4 is 11.9 Å². The lowest BCUT2D eigenvalue weighted by atomic mass is 10.1. The second-order valence-electron chi connectivity index (χ2n) is 4.89. The van der Waals surface area contributed by atoms with E-state index in [1.807, 2.05) is 0 Å². The van der Waals surface area contributed by atoms with Gasteiger partial charge in [-0.05, 0) is 12.1 Å². The van der Waals surface area contributed by atoms with Gasteiger partial charge in [-0.1, -0.05) is 19.6 Å². The SMILES string of the molecule is C=CCOc1cc(OC)ccc1C(=O)N(C)CC(C)C(=O)O. The van der Waals surface area contributed by atoms with Crippen LogP contribution in [0.5, 0.6) is 11.5 Å². The smallest absolute Gasteiger partial charge is 0.308 e. The first-order valence-electron chi connectivity index (χ1n) is 6.80. The maximum atomic E-state index is 12.5. The van der Waals surface area contributed by atoms with E-state index in [0.717, 1.165) is 0 Å². The first-order valence-corrected chi connectivity index (χ1v) is 6.80. The zero-order valence-electron chi connectivity index (χ0n) is 13.0. The molecule has 1 amide bonds. The van der Waals surface area contributed by atoms with Crippen LogP contribution in [0.2, 0.25) is 0 Å². The molecule has 0 aliphatic carbocycles. The molecule has 1 unspecified atom stereocenters. The Bertz CT molecular complexity index is 555. The molecule has 0 aliphatic rings. The van der Waals surface area contributed by atoms with Crippen molar-refractivity contribution in [3.8, 4) is 11.5 Å². The Kier molecular flexibility index (Phi) is 6.44. The number of carbonyl (C=O) groups excluding carboxylic acids is 1. The standard InChI is InChI=1S/C16H21NO5/c1-5-8-22-14-9-12(21-4)6-7-13(14)15(18)17(3)10-11(2)16(19)20/h5-7,9,11H,1,8,10H2,2-4H3,(H,19,20). The molecular weight excluding hydrogens is 286 g/mol. The van der Waals surface area contributed by atoms with Gasteiger partial charge in [-0.15, -0.1) is 0 Å². The van der Waals surface area contributed by atoms with Crippen LogP contribution in [-0.4, -0.2) is 49.2 Å². The average Bonchev–Trinajstić information content (AvgIpc) is 2.51. The van der Waals surface area contributed by atoms with Gasteiger partial charge in [0.2, 0.25) is 0 Å². The number of benzene rings is 1. The van der Waals surface area contributed by atoms with E-state index in [0.29, 0.717) is 17.1 Å². The van der Waals surface area contributed by atoms with Crippen LogP contribution in [0.25, 0.3) is 0 Å². The van der Waals surface area contributed by atoms with Gasteiger partial charge in [-0.25, -0.2) is 0 Å². The van der Waals surface area contributed by atoms with Crippen molar-refractivity contribution in [3.05, 3.63) is 36.4 Å². The summed E-state index contributed by atoms with van der Waals surface area (Å²) in [5.41, 5.74) is 0.350. The Morgan fingerprint density at radius 3 is 2.68 bits per heavy atom. The van der Waals surface area contributed by atoms with Gasteiger partial charge in [0.25, 0.3) is 5.91 Å². The molecule has 1 N–H and O–H groups in total. The molecule has 1 aromatic rings. The molecule has 0 bridgehead atoms. The number of ether oxygens (including phenoxy) is 2. The topological polar surface area (TPSA) is 76.1 Å². The number of nitrogens with zero attached hydrogens (tertiary/aromatic N) is 1. The molecule has 6 heteroatoms. The summed E-state index contributed by atoms with van der Waals surface area (Å²) in [6, 6.07) is 4.87. The van der Waals surface area contributed by atoms with Crippen molar-refractivity contribution in [3.63, 3.8) is 0 Å². The minimum Gasteiger partial charge on any atom is -0.497 e. The van der Waals surface area contributed by atoms with E-state index < -0.39 is 11.9 Å². The second kappa shape index (κ2) is 8.07. The number of hydrogen-bond acceptors (Lipinski definition) is 4. The van der Waals surface area contributed by atoms with Crippen molar-refractivity contribution in [2.75, 3.05) is 27.3 Å². The number of carbonyl (C=O) groups is 2. The summed E-state index contributed by atoms with van der Waals surface area (Å²) in [5, 5.41) is 8.93. The fraction of sp³-hybridized carbons (Fsp3) is 0.375. The first kappa shape index (κ1) is 17.6. The Morgan fingerprint density at radius 1 is 1.45 bits per heavy atom. The lowest BCUT2D eigenvalue weighted by molar-refractivity contribution is -0.141. The van der Waals surface area contributed by atoms with Gasteiger partial charge in [-0.2, -0.15) is 0 Å². The molecule has 6 nitrogen and oxygen atoms in total. The number of amides is 1. The molecule has 0 saturated heterocycles. The zero-order valence-corrected chi connectivity index (χ0v) is 13.0. The molecule has 0 aromatic heterocycles. The highest BCUT2D eigenvalue weighted by molar-refractivity contribution is 5.97. The van der Waals surface area contributed by atoms with Crippen LogP contribution in [0.3, 0.4) is 0 Å². The Balaban J connectivity index is 2.99. The summed E-state index contributed by atoms with van der Waals surface area (Å²) in [6.45, 7) is 5.49. The minimum atomic E-state index is -0.947.